The Kier molecular flexibility index (Phi) is 7.86. The maximum atomic E-state index is 11.9. The van der Waals surface area contributed by atoms with Gasteiger partial charge in [0.1, 0.15) is 5.75 Å². The molecule has 1 N–H and O–H groups in total. The molecule has 0 fully saturated rings. The topological polar surface area (TPSA) is 38.3 Å². The fourth-order valence-electron chi connectivity index (χ4n) is 2.35. The first-order valence-electron chi connectivity index (χ1n) is 8.68. The third kappa shape index (κ3) is 7.65. The number of aryl methyl sites for hydroxylation is 1. The SMILES string of the molecule is Cc1ccc(CSCC(=O)NCCc2ccc(OC(C)C)cc2)cc1. The first kappa shape index (κ1) is 19.4. The van der Waals surface area contributed by atoms with Crippen LogP contribution in [-0.4, -0.2) is 24.3 Å². The molecule has 0 aliphatic heterocycles. The van der Waals surface area contributed by atoms with Crippen molar-refractivity contribution in [2.75, 3.05) is 12.3 Å². The van der Waals surface area contributed by atoms with Crippen molar-refractivity contribution in [3.63, 3.8) is 0 Å². The summed E-state index contributed by atoms with van der Waals surface area (Å²) >= 11 is 1.65. The molecular weight excluding hydrogens is 330 g/mol. The lowest BCUT2D eigenvalue weighted by Gasteiger charge is -2.10. The summed E-state index contributed by atoms with van der Waals surface area (Å²) in [6.45, 7) is 6.77. The molecular formula is C21H27NO2S. The number of carbonyl (C=O) groups excluding carboxylic acids is 1. The minimum atomic E-state index is 0.0943. The number of thioether (sulfide) groups is 1. The van der Waals surface area contributed by atoms with E-state index in [1.54, 1.807) is 11.8 Å². The van der Waals surface area contributed by atoms with Crippen molar-refractivity contribution in [2.24, 2.45) is 0 Å². The molecule has 0 aliphatic carbocycles. The van der Waals surface area contributed by atoms with Crippen molar-refractivity contribution in [1.82, 2.24) is 5.32 Å². The van der Waals surface area contributed by atoms with E-state index in [-0.39, 0.29) is 12.0 Å². The molecule has 134 valence electrons. The van der Waals surface area contributed by atoms with Crippen LogP contribution in [0.2, 0.25) is 0 Å². The average Bonchev–Trinajstić information content (AvgIpc) is 2.58. The largest absolute Gasteiger partial charge is 0.491 e. The van der Waals surface area contributed by atoms with Gasteiger partial charge in [-0.15, -0.1) is 11.8 Å². The van der Waals surface area contributed by atoms with Gasteiger partial charge in [-0.25, -0.2) is 0 Å². The summed E-state index contributed by atoms with van der Waals surface area (Å²) in [5.41, 5.74) is 3.71. The molecule has 2 rings (SSSR count). The monoisotopic (exact) mass is 357 g/mol. The predicted molar refractivity (Wildman–Crippen MR) is 106 cm³/mol. The molecule has 0 saturated heterocycles. The summed E-state index contributed by atoms with van der Waals surface area (Å²) in [5.74, 6) is 2.34. The number of ether oxygens (including phenoxy) is 1. The molecule has 0 unspecified atom stereocenters. The number of nitrogens with one attached hydrogen (secondary N) is 1. The molecule has 0 aliphatic rings. The van der Waals surface area contributed by atoms with Crippen LogP contribution in [0.1, 0.15) is 30.5 Å². The standard InChI is InChI=1S/C21H27NO2S/c1-16(2)24-20-10-8-18(9-11-20)12-13-22-21(23)15-25-14-19-6-4-17(3)5-7-19/h4-11,16H,12-15H2,1-3H3,(H,22,23). The van der Waals surface area contributed by atoms with Crippen molar-refractivity contribution in [3.8, 4) is 5.75 Å². The van der Waals surface area contributed by atoms with E-state index in [4.69, 9.17) is 4.74 Å². The third-order valence-electron chi connectivity index (χ3n) is 3.65. The highest BCUT2D eigenvalue weighted by Crippen LogP contribution is 2.14. The Hall–Kier alpha value is -1.94. The van der Waals surface area contributed by atoms with Crippen molar-refractivity contribution in [2.45, 2.75) is 39.0 Å². The maximum Gasteiger partial charge on any atom is 0.230 e. The van der Waals surface area contributed by atoms with Crippen LogP contribution in [-0.2, 0) is 17.0 Å². The fraction of sp³-hybridized carbons (Fsp3) is 0.381. The molecule has 25 heavy (non-hydrogen) atoms. The van der Waals surface area contributed by atoms with Gasteiger partial charge in [-0.2, -0.15) is 0 Å². The second-order valence-corrected chi connectivity index (χ2v) is 7.37. The minimum Gasteiger partial charge on any atom is -0.491 e. The lowest BCUT2D eigenvalue weighted by molar-refractivity contribution is -0.118. The van der Waals surface area contributed by atoms with Crippen molar-refractivity contribution < 1.29 is 9.53 Å². The zero-order chi connectivity index (χ0) is 18.1. The van der Waals surface area contributed by atoms with E-state index in [9.17, 15) is 4.79 Å². The highest BCUT2D eigenvalue weighted by Gasteiger charge is 2.03. The first-order valence-corrected chi connectivity index (χ1v) is 9.84. The number of hydrogen-bond acceptors (Lipinski definition) is 3. The molecule has 3 nitrogen and oxygen atoms in total. The summed E-state index contributed by atoms with van der Waals surface area (Å²) < 4.78 is 5.63. The first-order chi connectivity index (χ1) is 12.0. The second-order valence-electron chi connectivity index (χ2n) is 6.39. The number of rotatable bonds is 9. The Bertz CT molecular complexity index is 651. The van der Waals surface area contributed by atoms with E-state index >= 15 is 0 Å². The Labute approximate surface area is 155 Å². The number of carbonyl (C=O) groups is 1. The quantitative estimate of drug-likeness (QED) is 0.724. The van der Waals surface area contributed by atoms with E-state index in [1.165, 1.54) is 16.7 Å². The van der Waals surface area contributed by atoms with Crippen LogP contribution < -0.4 is 10.1 Å². The molecule has 0 radical (unpaired) electrons. The van der Waals surface area contributed by atoms with Gasteiger partial charge in [0.05, 0.1) is 11.9 Å². The molecule has 0 bridgehead atoms. The highest BCUT2D eigenvalue weighted by molar-refractivity contribution is 7.99. The lowest BCUT2D eigenvalue weighted by atomic mass is 10.1. The summed E-state index contributed by atoms with van der Waals surface area (Å²) in [5, 5.41) is 2.98. The maximum absolute atomic E-state index is 11.9. The number of hydrogen-bond donors (Lipinski definition) is 1. The molecule has 0 spiro atoms. The molecule has 1 amide bonds. The van der Waals surface area contributed by atoms with Crippen LogP contribution in [0.4, 0.5) is 0 Å². The normalized spacial score (nSPS) is 10.7. The van der Waals surface area contributed by atoms with Gasteiger partial charge in [0.25, 0.3) is 0 Å². The molecule has 0 atom stereocenters. The van der Waals surface area contributed by atoms with Gasteiger partial charge in [-0.3, -0.25) is 4.79 Å². The Morgan fingerprint density at radius 2 is 1.68 bits per heavy atom. The molecule has 0 saturated carbocycles. The van der Waals surface area contributed by atoms with Gasteiger partial charge >= 0.3 is 0 Å². The van der Waals surface area contributed by atoms with Crippen LogP contribution >= 0.6 is 11.8 Å². The van der Waals surface area contributed by atoms with Crippen LogP contribution in [0, 0.1) is 6.92 Å². The van der Waals surface area contributed by atoms with E-state index in [2.05, 4.69) is 48.6 Å². The van der Waals surface area contributed by atoms with E-state index in [0.717, 1.165) is 17.9 Å². The zero-order valence-corrected chi connectivity index (χ0v) is 16.1. The summed E-state index contributed by atoms with van der Waals surface area (Å²) in [6, 6.07) is 16.5. The molecule has 0 heterocycles. The van der Waals surface area contributed by atoms with E-state index in [1.807, 2.05) is 26.0 Å². The van der Waals surface area contributed by atoms with Gasteiger partial charge in [-0.05, 0) is 50.5 Å². The Morgan fingerprint density at radius 3 is 2.32 bits per heavy atom. The highest BCUT2D eigenvalue weighted by atomic mass is 32.2. The van der Waals surface area contributed by atoms with Crippen molar-refractivity contribution >= 4 is 17.7 Å². The van der Waals surface area contributed by atoms with Crippen molar-refractivity contribution in [3.05, 3.63) is 65.2 Å². The minimum absolute atomic E-state index is 0.0943. The fourth-order valence-corrected chi connectivity index (χ4v) is 3.17. The Morgan fingerprint density at radius 1 is 1.04 bits per heavy atom. The number of benzene rings is 2. The van der Waals surface area contributed by atoms with Gasteiger partial charge in [0.2, 0.25) is 5.91 Å². The predicted octanol–water partition coefficient (Wildman–Crippen LogP) is 4.37. The molecule has 2 aromatic carbocycles. The smallest absolute Gasteiger partial charge is 0.230 e. The lowest BCUT2D eigenvalue weighted by Crippen LogP contribution is -2.27. The summed E-state index contributed by atoms with van der Waals surface area (Å²) in [4.78, 5) is 11.9. The summed E-state index contributed by atoms with van der Waals surface area (Å²) in [6.07, 6.45) is 1.01. The molecule has 0 aromatic heterocycles. The average molecular weight is 358 g/mol. The van der Waals surface area contributed by atoms with Crippen molar-refractivity contribution in [1.29, 1.82) is 0 Å². The van der Waals surface area contributed by atoms with E-state index < -0.39 is 0 Å². The Balaban J connectivity index is 1.62. The zero-order valence-electron chi connectivity index (χ0n) is 15.2. The molecule has 4 heteroatoms. The second kappa shape index (κ2) is 10.1. The van der Waals surface area contributed by atoms with Gasteiger partial charge in [0, 0.05) is 12.3 Å². The van der Waals surface area contributed by atoms with Gasteiger partial charge < -0.3 is 10.1 Å². The third-order valence-corrected chi connectivity index (χ3v) is 4.66. The summed E-state index contributed by atoms with van der Waals surface area (Å²) in [7, 11) is 0. The molecule has 2 aromatic rings. The number of amides is 1. The van der Waals surface area contributed by atoms with Crippen LogP contribution in [0.3, 0.4) is 0 Å². The van der Waals surface area contributed by atoms with Gasteiger partial charge in [0.15, 0.2) is 0 Å². The van der Waals surface area contributed by atoms with Gasteiger partial charge in [-0.1, -0.05) is 42.0 Å². The van der Waals surface area contributed by atoms with E-state index in [0.29, 0.717) is 12.3 Å². The van der Waals surface area contributed by atoms with Crippen LogP contribution in [0.15, 0.2) is 48.5 Å². The van der Waals surface area contributed by atoms with Crippen LogP contribution in [0.25, 0.3) is 0 Å². The van der Waals surface area contributed by atoms with Crippen LogP contribution in [0.5, 0.6) is 5.75 Å².